The zero-order valence-corrected chi connectivity index (χ0v) is 31.5. The number of benzene rings is 10. The molecule has 0 aliphatic carbocycles. The third kappa shape index (κ3) is 4.76. The predicted molar refractivity (Wildman–Crippen MR) is 235 cm³/mol. The van der Waals surface area contributed by atoms with Gasteiger partial charge in [0.05, 0.1) is 0 Å². The Labute approximate surface area is 320 Å². The quantitative estimate of drug-likeness (QED) is 0.124. The molecule has 1 aromatic heterocycles. The molecule has 0 radical (unpaired) electrons. The summed E-state index contributed by atoms with van der Waals surface area (Å²) in [6, 6.07) is 70.2. The number of hydrogen-bond donors (Lipinski definition) is 0. The van der Waals surface area contributed by atoms with Crippen LogP contribution in [-0.2, 0) is 0 Å². The molecule has 0 N–H and O–H groups in total. The topological polar surface area (TPSA) is 0 Å². The first-order valence-electron chi connectivity index (χ1n) is 18.7. The van der Waals surface area contributed by atoms with E-state index in [9.17, 15) is 0 Å². The summed E-state index contributed by atoms with van der Waals surface area (Å²) in [6.07, 6.45) is 0. The maximum absolute atomic E-state index is 2.51. The predicted octanol–water partition coefficient (Wildman–Crippen LogP) is 14.6. The Balaban J connectivity index is 1.17. The van der Waals surface area contributed by atoms with Gasteiger partial charge in [-0.25, -0.2) is 0 Å². The van der Waals surface area contributed by atoms with Crippen molar-refractivity contribution < 1.29 is 0 Å². The van der Waals surface area contributed by atoms with Gasteiger partial charge in [-0.05, 0) is 0 Å². The van der Waals surface area contributed by atoms with Gasteiger partial charge in [0.15, 0.2) is 0 Å². The fraction of sp³-hybridized carbons (Fsp3) is 0.0189. The Kier molecular flexibility index (Phi) is 7.20. The first kappa shape index (κ1) is 31.3. The van der Waals surface area contributed by atoms with Gasteiger partial charge >= 0.3 is 322 Å². The van der Waals surface area contributed by atoms with Crippen molar-refractivity contribution in [3.8, 4) is 44.5 Å². The van der Waals surface area contributed by atoms with Gasteiger partial charge in [-0.15, -0.1) is 0 Å². The summed E-state index contributed by atoms with van der Waals surface area (Å²) in [5, 5.41) is 13.1. The van der Waals surface area contributed by atoms with Crippen LogP contribution < -0.4 is 0 Å². The molecule has 0 aliphatic rings. The van der Waals surface area contributed by atoms with Crippen LogP contribution in [0.25, 0.3) is 107 Å². The summed E-state index contributed by atoms with van der Waals surface area (Å²) in [5.74, 6) is 0. The van der Waals surface area contributed by atoms with Crippen LogP contribution >= 0.6 is 0 Å². The number of rotatable bonds is 4. The zero-order chi connectivity index (χ0) is 35.8. The fourth-order valence-electron chi connectivity index (χ4n) is 8.99. The van der Waals surface area contributed by atoms with Crippen LogP contribution in [0.4, 0.5) is 0 Å². The molecular weight excluding hydrogens is 716 g/mol. The average Bonchev–Trinajstić information content (AvgIpc) is 3.61. The molecule has 0 aliphatic heterocycles. The molecule has 0 spiro atoms. The van der Waals surface area contributed by atoms with E-state index in [1.54, 1.807) is 0 Å². The molecule has 11 aromatic rings. The molecular formula is C53H34Se. The van der Waals surface area contributed by atoms with Crippen LogP contribution in [0.1, 0.15) is 5.56 Å². The van der Waals surface area contributed by atoms with E-state index in [0.29, 0.717) is 0 Å². The molecule has 0 unspecified atom stereocenters. The van der Waals surface area contributed by atoms with Crippen molar-refractivity contribution in [2.75, 3.05) is 0 Å². The summed E-state index contributed by atoms with van der Waals surface area (Å²) < 4.78 is 2.91. The standard InChI is InChI=1S/C53H34Se/c1-33-26-28-35(29-27-33)50-41-20-9-11-22-43(41)52(44-23-12-10-21-42(44)50)46-24-13-25-47-53(46)45-31-30-36(32-48(45)54-47)51-39-18-7-5-16-37(39)49(34-14-3-2-4-15-34)38-17-6-8-19-40(38)51/h2-32H,1H3. The number of aryl methyl sites for hydroxylation is 1. The summed E-state index contributed by atoms with van der Waals surface area (Å²) in [6.45, 7) is 2.16. The molecule has 1 heterocycles. The molecule has 0 bridgehead atoms. The second-order valence-electron chi connectivity index (χ2n) is 14.4. The Morgan fingerprint density at radius 2 is 0.722 bits per heavy atom. The Morgan fingerprint density at radius 1 is 0.296 bits per heavy atom. The molecule has 1 heteroatoms. The van der Waals surface area contributed by atoms with E-state index < -0.39 is 0 Å². The Hall–Kier alpha value is -6.24. The molecule has 54 heavy (non-hydrogen) atoms. The molecule has 0 saturated carbocycles. The van der Waals surface area contributed by atoms with Gasteiger partial charge in [0, 0.05) is 0 Å². The molecule has 10 aromatic carbocycles. The fourth-order valence-corrected chi connectivity index (χ4v) is 11.5. The van der Waals surface area contributed by atoms with Crippen LogP contribution in [0.2, 0.25) is 0 Å². The van der Waals surface area contributed by atoms with Gasteiger partial charge in [-0.2, -0.15) is 0 Å². The number of fused-ring (bicyclic) bond motifs is 7. The molecule has 0 fully saturated rings. The first-order chi connectivity index (χ1) is 26.7. The van der Waals surface area contributed by atoms with Crippen molar-refractivity contribution in [2.45, 2.75) is 6.92 Å². The SMILES string of the molecule is Cc1ccc(-c2c3ccccc3c(-c3cccc4[se]c5cc(-c6c7ccccc7c(-c7ccccc7)c7ccccc67)ccc5c34)c3ccccc23)cc1. The van der Waals surface area contributed by atoms with Crippen LogP contribution in [0.15, 0.2) is 188 Å². The Morgan fingerprint density at radius 3 is 1.24 bits per heavy atom. The molecule has 0 nitrogen and oxygen atoms in total. The number of hydrogen-bond acceptors (Lipinski definition) is 0. The van der Waals surface area contributed by atoms with Gasteiger partial charge in [0.1, 0.15) is 0 Å². The van der Waals surface area contributed by atoms with E-state index in [-0.39, 0.29) is 14.5 Å². The van der Waals surface area contributed by atoms with Crippen LogP contribution in [0.5, 0.6) is 0 Å². The van der Waals surface area contributed by atoms with Gasteiger partial charge in [0.2, 0.25) is 0 Å². The maximum atomic E-state index is 2.51. The van der Waals surface area contributed by atoms with Gasteiger partial charge < -0.3 is 0 Å². The van der Waals surface area contributed by atoms with E-state index in [4.69, 9.17) is 0 Å². The van der Waals surface area contributed by atoms with Crippen LogP contribution in [0.3, 0.4) is 0 Å². The summed E-state index contributed by atoms with van der Waals surface area (Å²) in [5.41, 5.74) is 11.7. The second-order valence-corrected chi connectivity index (χ2v) is 16.7. The molecule has 11 rings (SSSR count). The van der Waals surface area contributed by atoms with Crippen molar-refractivity contribution in [1.82, 2.24) is 0 Å². The minimum absolute atomic E-state index is 0.180. The van der Waals surface area contributed by atoms with Crippen molar-refractivity contribution in [2.24, 2.45) is 0 Å². The summed E-state index contributed by atoms with van der Waals surface area (Å²) >= 11 is 0.180. The third-order valence-electron chi connectivity index (χ3n) is 11.3. The van der Waals surface area contributed by atoms with Crippen molar-refractivity contribution in [3.63, 3.8) is 0 Å². The minimum atomic E-state index is 0.180. The van der Waals surface area contributed by atoms with E-state index >= 15 is 0 Å². The zero-order valence-electron chi connectivity index (χ0n) is 29.8. The van der Waals surface area contributed by atoms with Crippen LogP contribution in [-0.4, -0.2) is 14.5 Å². The second kappa shape index (κ2) is 12.4. The molecule has 252 valence electrons. The van der Waals surface area contributed by atoms with E-state index in [0.717, 1.165) is 0 Å². The van der Waals surface area contributed by atoms with Crippen molar-refractivity contribution in [3.05, 3.63) is 194 Å². The monoisotopic (exact) mass is 750 g/mol. The van der Waals surface area contributed by atoms with Gasteiger partial charge in [0.25, 0.3) is 0 Å². The first-order valence-corrected chi connectivity index (χ1v) is 20.4. The van der Waals surface area contributed by atoms with E-state index in [1.807, 2.05) is 0 Å². The van der Waals surface area contributed by atoms with Crippen molar-refractivity contribution >= 4 is 76.9 Å². The Bertz CT molecular complexity index is 3140. The average molecular weight is 750 g/mol. The molecule has 0 amide bonds. The third-order valence-corrected chi connectivity index (χ3v) is 13.7. The van der Waals surface area contributed by atoms with Gasteiger partial charge in [-0.3, -0.25) is 0 Å². The van der Waals surface area contributed by atoms with Gasteiger partial charge in [-0.1, -0.05) is 0 Å². The van der Waals surface area contributed by atoms with E-state index in [1.165, 1.54) is 112 Å². The summed E-state index contributed by atoms with van der Waals surface area (Å²) in [4.78, 5) is 0. The van der Waals surface area contributed by atoms with Crippen LogP contribution in [0, 0.1) is 6.92 Å². The van der Waals surface area contributed by atoms with E-state index in [2.05, 4.69) is 195 Å². The summed E-state index contributed by atoms with van der Waals surface area (Å²) in [7, 11) is 0. The van der Waals surface area contributed by atoms with Crippen molar-refractivity contribution in [1.29, 1.82) is 0 Å². The molecule has 0 saturated heterocycles. The molecule has 0 atom stereocenters. The normalized spacial score (nSPS) is 11.8.